The molecule has 19 heavy (non-hydrogen) atoms. The second kappa shape index (κ2) is 5.06. The predicted octanol–water partition coefficient (Wildman–Crippen LogP) is 1.34. The lowest BCUT2D eigenvalue weighted by molar-refractivity contribution is 0.600. The summed E-state index contributed by atoms with van der Waals surface area (Å²) in [5, 5.41) is 7.34. The summed E-state index contributed by atoms with van der Waals surface area (Å²) in [4.78, 5) is 7.55. The fourth-order valence-corrected chi connectivity index (χ4v) is 2.64. The Bertz CT molecular complexity index is 720. The van der Waals surface area contributed by atoms with E-state index in [1.165, 1.54) is 18.3 Å². The molecule has 0 aromatic carbocycles. The van der Waals surface area contributed by atoms with Crippen LogP contribution in [0.1, 0.15) is 11.4 Å². The van der Waals surface area contributed by atoms with E-state index in [0.717, 1.165) is 0 Å². The maximum atomic E-state index is 12.1. The largest absolute Gasteiger partial charge is 0.267 e. The van der Waals surface area contributed by atoms with Crippen molar-refractivity contribution in [1.82, 2.24) is 20.2 Å². The molecule has 0 unspecified atom stereocenters. The van der Waals surface area contributed by atoms with Crippen LogP contribution >= 0.6 is 11.6 Å². The van der Waals surface area contributed by atoms with Gasteiger partial charge in [-0.2, -0.15) is 5.10 Å². The van der Waals surface area contributed by atoms with E-state index in [9.17, 15) is 8.42 Å². The number of aromatic nitrogens is 4. The molecule has 9 heteroatoms. The van der Waals surface area contributed by atoms with Gasteiger partial charge >= 0.3 is 0 Å². The zero-order valence-corrected chi connectivity index (χ0v) is 11.7. The number of nitrogens with zero attached hydrogens (tertiary/aromatic N) is 4. The van der Waals surface area contributed by atoms with Crippen LogP contribution in [0.4, 0.5) is 5.95 Å². The molecular weight excluding hydrogens is 290 g/mol. The Morgan fingerprint density at radius 2 is 1.95 bits per heavy atom. The highest BCUT2D eigenvalue weighted by Crippen LogP contribution is 2.19. The maximum absolute atomic E-state index is 12.1. The maximum Gasteiger partial charge on any atom is 0.267 e. The van der Waals surface area contributed by atoms with Gasteiger partial charge in [0.05, 0.1) is 11.4 Å². The zero-order valence-electron chi connectivity index (χ0n) is 10.1. The molecule has 2 rings (SSSR count). The molecule has 1 N–H and O–H groups in total. The number of sulfonamides is 1. The topological polar surface area (TPSA) is 97.7 Å². The molecule has 0 aliphatic carbocycles. The molecule has 0 atom stereocenters. The molecule has 0 aliphatic heterocycles. The Labute approximate surface area is 115 Å². The van der Waals surface area contributed by atoms with Crippen molar-refractivity contribution in [2.45, 2.75) is 18.7 Å². The Balaban J connectivity index is 2.37. The monoisotopic (exact) mass is 299 g/mol. The van der Waals surface area contributed by atoms with Crippen LogP contribution in [0.25, 0.3) is 0 Å². The van der Waals surface area contributed by atoms with E-state index < -0.39 is 10.0 Å². The minimum atomic E-state index is -3.88. The molecule has 100 valence electrons. The molecule has 0 bridgehead atoms. The number of anilines is 1. The van der Waals surface area contributed by atoms with Crippen molar-refractivity contribution in [3.8, 4) is 0 Å². The first-order chi connectivity index (χ1) is 8.90. The van der Waals surface area contributed by atoms with Crippen molar-refractivity contribution in [2.24, 2.45) is 0 Å². The molecule has 7 nitrogen and oxygen atoms in total. The van der Waals surface area contributed by atoms with Crippen LogP contribution in [-0.4, -0.2) is 28.6 Å². The smallest absolute Gasteiger partial charge is 0.246 e. The van der Waals surface area contributed by atoms with Crippen LogP contribution in [0, 0.1) is 13.8 Å². The summed E-state index contributed by atoms with van der Waals surface area (Å²) in [6.45, 7) is 3.43. The summed E-state index contributed by atoms with van der Waals surface area (Å²) in [6.07, 6.45) is 1.40. The van der Waals surface area contributed by atoms with Gasteiger partial charge in [0.25, 0.3) is 16.0 Å². The second-order valence-corrected chi connectivity index (χ2v) is 5.71. The van der Waals surface area contributed by atoms with Gasteiger partial charge in [-0.3, -0.25) is 0 Å². The number of halogens is 1. The van der Waals surface area contributed by atoms with Crippen molar-refractivity contribution in [3.63, 3.8) is 0 Å². The highest BCUT2D eigenvalue weighted by molar-refractivity contribution is 7.92. The minimum Gasteiger partial charge on any atom is -0.246 e. The second-order valence-electron chi connectivity index (χ2n) is 3.70. The first kappa shape index (κ1) is 13.6. The average Bonchev–Trinajstić information content (AvgIpc) is 2.34. The molecule has 2 aromatic rings. The summed E-state index contributed by atoms with van der Waals surface area (Å²) in [7, 11) is -3.88. The molecule has 0 radical (unpaired) electrons. The van der Waals surface area contributed by atoms with E-state index >= 15 is 0 Å². The standard InChI is InChI=1S/C10H10ClN5O2S/c1-6-7(2)14-15-10(13-6)16-19(17,18)8-4-3-5-12-9(8)11/h3-5H,1-2H3,(H,13,15,16). The molecule has 0 saturated carbocycles. The van der Waals surface area contributed by atoms with Crippen LogP contribution in [0.5, 0.6) is 0 Å². The van der Waals surface area contributed by atoms with Gasteiger partial charge in [0.15, 0.2) is 0 Å². The quantitative estimate of drug-likeness (QED) is 0.859. The minimum absolute atomic E-state index is 0.108. The van der Waals surface area contributed by atoms with Gasteiger partial charge in [-0.25, -0.2) is 23.1 Å². The fraction of sp³-hybridized carbons (Fsp3) is 0.200. The van der Waals surface area contributed by atoms with Gasteiger partial charge in [0.2, 0.25) is 0 Å². The molecule has 0 aliphatic rings. The van der Waals surface area contributed by atoms with Crippen LogP contribution in [0.3, 0.4) is 0 Å². The lowest BCUT2D eigenvalue weighted by Crippen LogP contribution is -2.17. The van der Waals surface area contributed by atoms with Crippen LogP contribution in [-0.2, 0) is 10.0 Å². The number of aryl methyl sites for hydroxylation is 2. The van der Waals surface area contributed by atoms with Crippen molar-refractivity contribution in [3.05, 3.63) is 34.9 Å². The van der Waals surface area contributed by atoms with Crippen molar-refractivity contribution in [2.75, 3.05) is 4.72 Å². The number of pyridine rings is 1. The number of nitrogens with one attached hydrogen (secondary N) is 1. The van der Waals surface area contributed by atoms with Gasteiger partial charge in [-0.1, -0.05) is 11.6 Å². The van der Waals surface area contributed by atoms with E-state index in [4.69, 9.17) is 11.6 Å². The molecule has 2 heterocycles. The number of rotatable bonds is 3. The summed E-state index contributed by atoms with van der Waals surface area (Å²) in [6, 6.07) is 2.81. The third-order valence-electron chi connectivity index (χ3n) is 2.33. The fourth-order valence-electron chi connectivity index (χ4n) is 1.25. The molecule has 0 saturated heterocycles. The Morgan fingerprint density at radius 3 is 2.58 bits per heavy atom. The molecular formula is C10H10ClN5O2S. The van der Waals surface area contributed by atoms with Crippen molar-refractivity contribution in [1.29, 1.82) is 0 Å². The summed E-state index contributed by atoms with van der Waals surface area (Å²) < 4.78 is 26.4. The predicted molar refractivity (Wildman–Crippen MR) is 69.4 cm³/mol. The molecule has 0 fully saturated rings. The first-order valence-corrected chi connectivity index (χ1v) is 7.07. The third-order valence-corrected chi connectivity index (χ3v) is 4.10. The van der Waals surface area contributed by atoms with E-state index in [-0.39, 0.29) is 16.0 Å². The summed E-state index contributed by atoms with van der Waals surface area (Å²) >= 11 is 5.74. The first-order valence-electron chi connectivity index (χ1n) is 5.21. The number of hydrogen-bond donors (Lipinski definition) is 1. The van der Waals surface area contributed by atoms with E-state index in [0.29, 0.717) is 11.4 Å². The van der Waals surface area contributed by atoms with Gasteiger partial charge in [0.1, 0.15) is 10.0 Å². The summed E-state index contributed by atoms with van der Waals surface area (Å²) in [5.74, 6) is -0.108. The van der Waals surface area contributed by atoms with E-state index in [1.807, 2.05) is 0 Å². The average molecular weight is 300 g/mol. The van der Waals surface area contributed by atoms with Crippen molar-refractivity contribution < 1.29 is 8.42 Å². The normalized spacial score (nSPS) is 11.3. The van der Waals surface area contributed by atoms with Gasteiger partial charge < -0.3 is 0 Å². The highest BCUT2D eigenvalue weighted by Gasteiger charge is 2.20. The molecule has 0 amide bonds. The van der Waals surface area contributed by atoms with Gasteiger partial charge in [0, 0.05) is 6.20 Å². The SMILES string of the molecule is Cc1nnc(NS(=O)(=O)c2cccnc2Cl)nc1C. The van der Waals surface area contributed by atoms with Gasteiger partial charge in [-0.05, 0) is 26.0 Å². The van der Waals surface area contributed by atoms with E-state index in [2.05, 4.69) is 24.9 Å². The molecule has 2 aromatic heterocycles. The van der Waals surface area contributed by atoms with E-state index in [1.54, 1.807) is 13.8 Å². The van der Waals surface area contributed by atoms with Crippen molar-refractivity contribution >= 4 is 27.6 Å². The lowest BCUT2D eigenvalue weighted by Gasteiger charge is -2.07. The Morgan fingerprint density at radius 1 is 1.21 bits per heavy atom. The molecule has 0 spiro atoms. The zero-order chi connectivity index (χ0) is 14.0. The lowest BCUT2D eigenvalue weighted by atomic mass is 10.4. The number of hydrogen-bond acceptors (Lipinski definition) is 6. The van der Waals surface area contributed by atoms with Crippen LogP contribution < -0.4 is 4.72 Å². The Hall–Kier alpha value is -1.80. The summed E-state index contributed by atoms with van der Waals surface area (Å²) in [5.41, 5.74) is 1.22. The highest BCUT2D eigenvalue weighted by atomic mass is 35.5. The van der Waals surface area contributed by atoms with Crippen LogP contribution in [0.15, 0.2) is 23.2 Å². The van der Waals surface area contributed by atoms with Crippen LogP contribution in [0.2, 0.25) is 5.15 Å². The van der Waals surface area contributed by atoms with Gasteiger partial charge in [-0.15, -0.1) is 5.10 Å². The Kier molecular flexibility index (Phi) is 3.63. The third kappa shape index (κ3) is 2.96.